The normalized spacial score (nSPS) is 33.2. The zero-order valence-corrected chi connectivity index (χ0v) is 11.1. The summed E-state index contributed by atoms with van der Waals surface area (Å²) in [7, 11) is 0. The van der Waals surface area contributed by atoms with Crippen LogP contribution in [0.5, 0.6) is 0 Å². The zero-order chi connectivity index (χ0) is 10.7. The van der Waals surface area contributed by atoms with Crippen molar-refractivity contribution in [3.05, 3.63) is 0 Å². The first-order valence-corrected chi connectivity index (χ1v) is 7.04. The van der Waals surface area contributed by atoms with Crippen LogP contribution >= 0.6 is 15.9 Å². The second-order valence-corrected chi connectivity index (χ2v) is 5.81. The van der Waals surface area contributed by atoms with E-state index >= 15 is 0 Å². The van der Waals surface area contributed by atoms with Gasteiger partial charge in [0.2, 0.25) is 0 Å². The predicted octanol–water partition coefficient (Wildman–Crippen LogP) is 3.14. The molecule has 15 heavy (non-hydrogen) atoms. The fourth-order valence-electron chi connectivity index (χ4n) is 2.99. The first kappa shape index (κ1) is 11.9. The van der Waals surface area contributed by atoms with Gasteiger partial charge in [0.1, 0.15) is 0 Å². The van der Waals surface area contributed by atoms with Crippen LogP contribution in [0.15, 0.2) is 0 Å². The zero-order valence-electron chi connectivity index (χ0n) is 9.51. The van der Waals surface area contributed by atoms with Gasteiger partial charge in [-0.2, -0.15) is 0 Å². The molecule has 0 aliphatic heterocycles. The fourth-order valence-corrected chi connectivity index (χ4v) is 4.09. The molecule has 2 aliphatic carbocycles. The molecule has 2 fully saturated rings. The van der Waals surface area contributed by atoms with Crippen LogP contribution < -0.4 is 0 Å². The number of rotatable bonds is 5. The van der Waals surface area contributed by atoms with Crippen LogP contribution in [0.4, 0.5) is 0 Å². The summed E-state index contributed by atoms with van der Waals surface area (Å²) in [6.45, 7) is 4.33. The molecule has 1 spiro atoms. The van der Waals surface area contributed by atoms with Gasteiger partial charge in [-0.25, -0.2) is 0 Å². The Kier molecular flexibility index (Phi) is 4.08. The van der Waals surface area contributed by atoms with Crippen molar-refractivity contribution in [1.29, 1.82) is 0 Å². The van der Waals surface area contributed by atoms with Crippen molar-refractivity contribution in [3.8, 4) is 0 Å². The maximum absolute atomic E-state index is 5.93. The molecule has 0 heterocycles. The Balaban J connectivity index is 1.74. The van der Waals surface area contributed by atoms with Gasteiger partial charge in [-0.15, -0.1) is 0 Å². The summed E-state index contributed by atoms with van der Waals surface area (Å²) in [4.78, 5) is 0.699. The first-order valence-electron chi connectivity index (χ1n) is 6.13. The average molecular weight is 277 g/mol. The van der Waals surface area contributed by atoms with Crippen LogP contribution in [-0.2, 0) is 9.47 Å². The van der Waals surface area contributed by atoms with Gasteiger partial charge in [-0.1, -0.05) is 28.8 Å². The number of hydrogen-bond donors (Lipinski definition) is 0. The van der Waals surface area contributed by atoms with Crippen molar-refractivity contribution in [2.75, 3.05) is 19.8 Å². The second kappa shape index (κ2) is 5.15. The van der Waals surface area contributed by atoms with E-state index in [9.17, 15) is 0 Å². The van der Waals surface area contributed by atoms with Crippen molar-refractivity contribution >= 4 is 15.9 Å². The molecule has 0 aromatic carbocycles. The van der Waals surface area contributed by atoms with Gasteiger partial charge in [0.05, 0.1) is 19.3 Å². The number of hydrogen-bond acceptors (Lipinski definition) is 2. The highest BCUT2D eigenvalue weighted by Gasteiger charge is 2.55. The molecular weight excluding hydrogens is 256 g/mol. The molecule has 0 N–H and O–H groups in total. The molecule has 0 saturated heterocycles. The highest BCUT2D eigenvalue weighted by atomic mass is 79.9. The average Bonchev–Trinajstić information content (AvgIpc) is 2.74. The smallest absolute Gasteiger partial charge is 0.0704 e. The molecule has 2 atom stereocenters. The molecule has 2 nitrogen and oxygen atoms in total. The number of alkyl halides is 1. The molecule has 0 radical (unpaired) electrons. The van der Waals surface area contributed by atoms with Crippen molar-refractivity contribution in [3.63, 3.8) is 0 Å². The van der Waals surface area contributed by atoms with Crippen molar-refractivity contribution < 1.29 is 9.47 Å². The van der Waals surface area contributed by atoms with E-state index in [1.807, 2.05) is 6.92 Å². The highest BCUT2D eigenvalue weighted by Crippen LogP contribution is 2.57. The molecule has 0 bridgehead atoms. The van der Waals surface area contributed by atoms with Crippen molar-refractivity contribution in [2.24, 2.45) is 5.41 Å². The molecule has 0 amide bonds. The molecule has 2 saturated carbocycles. The molecule has 3 heteroatoms. The SMILES string of the molecule is CCOCCOC1CC(Br)C12CCCC2. The molecule has 2 rings (SSSR count). The minimum atomic E-state index is 0.478. The Morgan fingerprint density at radius 3 is 2.60 bits per heavy atom. The van der Waals surface area contributed by atoms with Gasteiger partial charge >= 0.3 is 0 Å². The largest absolute Gasteiger partial charge is 0.379 e. The van der Waals surface area contributed by atoms with Gasteiger partial charge in [-0.05, 0) is 26.2 Å². The van der Waals surface area contributed by atoms with E-state index in [2.05, 4.69) is 15.9 Å². The van der Waals surface area contributed by atoms with Gasteiger partial charge in [0.15, 0.2) is 0 Å². The Labute approximate surface area is 101 Å². The third kappa shape index (κ3) is 2.25. The van der Waals surface area contributed by atoms with E-state index in [1.165, 1.54) is 32.1 Å². The standard InChI is InChI=1S/C12H21BrO2/c1-2-14-7-8-15-11-9-10(13)12(11)5-3-4-6-12/h10-11H,2-9H2,1H3. The maximum atomic E-state index is 5.93. The van der Waals surface area contributed by atoms with Crippen LogP contribution in [0.1, 0.15) is 39.0 Å². The van der Waals surface area contributed by atoms with Crippen molar-refractivity contribution in [2.45, 2.75) is 50.0 Å². The lowest BCUT2D eigenvalue weighted by Crippen LogP contribution is -2.54. The quantitative estimate of drug-likeness (QED) is 0.568. The Hall–Kier alpha value is 0.400. The molecular formula is C12H21BrO2. The topological polar surface area (TPSA) is 18.5 Å². The molecule has 88 valence electrons. The Bertz CT molecular complexity index is 202. The third-order valence-electron chi connectivity index (χ3n) is 3.97. The van der Waals surface area contributed by atoms with E-state index in [1.54, 1.807) is 0 Å². The maximum Gasteiger partial charge on any atom is 0.0704 e. The summed E-state index contributed by atoms with van der Waals surface area (Å²) in [6, 6.07) is 0. The minimum absolute atomic E-state index is 0.478. The highest BCUT2D eigenvalue weighted by molar-refractivity contribution is 9.09. The predicted molar refractivity (Wildman–Crippen MR) is 64.5 cm³/mol. The van der Waals surface area contributed by atoms with Crippen molar-refractivity contribution in [1.82, 2.24) is 0 Å². The first-order chi connectivity index (χ1) is 7.29. The van der Waals surface area contributed by atoms with E-state index in [0.29, 0.717) is 16.3 Å². The van der Waals surface area contributed by atoms with E-state index < -0.39 is 0 Å². The van der Waals surface area contributed by atoms with E-state index in [0.717, 1.165) is 19.8 Å². The summed E-state index contributed by atoms with van der Waals surface area (Å²) in [5.74, 6) is 0. The molecule has 0 aromatic rings. The molecule has 2 unspecified atom stereocenters. The van der Waals surface area contributed by atoms with E-state index in [-0.39, 0.29) is 0 Å². The van der Waals surface area contributed by atoms with Crippen LogP contribution in [0.25, 0.3) is 0 Å². The lowest BCUT2D eigenvalue weighted by Gasteiger charge is -2.51. The lowest BCUT2D eigenvalue weighted by molar-refractivity contribution is -0.111. The number of halogens is 1. The molecule has 0 aromatic heterocycles. The Morgan fingerprint density at radius 1 is 1.27 bits per heavy atom. The van der Waals surface area contributed by atoms with Crippen LogP contribution in [0.2, 0.25) is 0 Å². The summed E-state index contributed by atoms with van der Waals surface area (Å²) in [5, 5.41) is 0. The Morgan fingerprint density at radius 2 is 2.00 bits per heavy atom. The van der Waals surface area contributed by atoms with Gasteiger partial charge in [-0.3, -0.25) is 0 Å². The van der Waals surface area contributed by atoms with Gasteiger partial charge in [0.25, 0.3) is 0 Å². The fraction of sp³-hybridized carbons (Fsp3) is 1.00. The summed E-state index contributed by atoms with van der Waals surface area (Å²) in [5.41, 5.74) is 0.478. The summed E-state index contributed by atoms with van der Waals surface area (Å²) in [6.07, 6.45) is 7.14. The minimum Gasteiger partial charge on any atom is -0.379 e. The third-order valence-corrected chi connectivity index (χ3v) is 5.26. The second-order valence-electron chi connectivity index (χ2n) is 4.70. The van der Waals surface area contributed by atoms with Crippen LogP contribution in [0, 0.1) is 5.41 Å². The lowest BCUT2D eigenvalue weighted by atomic mass is 9.65. The summed E-state index contributed by atoms with van der Waals surface area (Å²) >= 11 is 3.80. The monoisotopic (exact) mass is 276 g/mol. The van der Waals surface area contributed by atoms with Crippen LogP contribution in [0.3, 0.4) is 0 Å². The summed E-state index contributed by atoms with van der Waals surface area (Å²) < 4.78 is 11.2. The van der Waals surface area contributed by atoms with Gasteiger partial charge < -0.3 is 9.47 Å². The molecule has 2 aliphatic rings. The van der Waals surface area contributed by atoms with Crippen LogP contribution in [-0.4, -0.2) is 30.8 Å². The van der Waals surface area contributed by atoms with Gasteiger partial charge in [0, 0.05) is 16.8 Å². The van der Waals surface area contributed by atoms with E-state index in [4.69, 9.17) is 9.47 Å². The number of ether oxygens (including phenoxy) is 2.